The summed E-state index contributed by atoms with van der Waals surface area (Å²) in [5.74, 6) is -0.859. The molecule has 1 atom stereocenters. The molecule has 47 heavy (non-hydrogen) atoms. The van der Waals surface area contributed by atoms with Crippen molar-refractivity contribution in [2.24, 2.45) is 0 Å². The minimum atomic E-state index is -1.08. The van der Waals surface area contributed by atoms with Gasteiger partial charge in [0.15, 0.2) is 39.5 Å². The van der Waals surface area contributed by atoms with Crippen molar-refractivity contribution in [1.82, 2.24) is 4.98 Å². The van der Waals surface area contributed by atoms with E-state index in [2.05, 4.69) is 4.98 Å². The molecule has 0 fully saturated rings. The number of amides is 1. The molecule has 4 aromatic carbocycles. The van der Waals surface area contributed by atoms with Gasteiger partial charge in [-0.1, -0.05) is 71.5 Å². The predicted molar refractivity (Wildman–Crippen MR) is 180 cm³/mol. The molecule has 7 rings (SSSR count). The number of furan rings is 1. The van der Waals surface area contributed by atoms with Crippen LogP contribution >= 0.6 is 22.9 Å². The Morgan fingerprint density at radius 3 is 2.60 bits per heavy atom. The maximum atomic E-state index is 14.3. The van der Waals surface area contributed by atoms with Crippen LogP contribution in [0.25, 0.3) is 21.2 Å². The fourth-order valence-corrected chi connectivity index (χ4v) is 6.87. The van der Waals surface area contributed by atoms with E-state index in [-0.39, 0.29) is 16.5 Å². The first-order chi connectivity index (χ1) is 22.9. The predicted octanol–water partition coefficient (Wildman–Crippen LogP) is 8.47. The van der Waals surface area contributed by atoms with Gasteiger partial charge in [0.1, 0.15) is 6.61 Å². The molecule has 236 valence electrons. The number of hydrogen-bond acceptors (Lipinski definition) is 9. The summed E-state index contributed by atoms with van der Waals surface area (Å²) in [5, 5.41) is 12.8. The number of thiazole rings is 1. The second-order valence-electron chi connectivity index (χ2n) is 10.7. The molecule has 1 unspecified atom stereocenters. The highest BCUT2D eigenvalue weighted by Gasteiger charge is 2.47. The Labute approximate surface area is 278 Å². The molecule has 9 nitrogen and oxygen atoms in total. The van der Waals surface area contributed by atoms with Gasteiger partial charge in [-0.05, 0) is 60.5 Å². The van der Waals surface area contributed by atoms with E-state index in [0.29, 0.717) is 57.5 Å². The number of methoxy groups -OCH3 is 1. The first kappa shape index (κ1) is 30.3. The van der Waals surface area contributed by atoms with Crippen LogP contribution in [0.3, 0.4) is 0 Å². The van der Waals surface area contributed by atoms with Crippen molar-refractivity contribution in [3.05, 3.63) is 124 Å². The number of nitrogens with zero attached hydrogens (tertiary/aromatic N) is 2. The highest BCUT2D eigenvalue weighted by molar-refractivity contribution is 7.22. The first-order valence-corrected chi connectivity index (χ1v) is 15.9. The Kier molecular flexibility index (Phi) is 8.05. The van der Waals surface area contributed by atoms with Gasteiger partial charge in [-0.2, -0.15) is 0 Å². The molecule has 6 aromatic rings. The zero-order valence-corrected chi connectivity index (χ0v) is 26.8. The van der Waals surface area contributed by atoms with Crippen LogP contribution in [-0.4, -0.2) is 35.5 Å². The number of halogens is 1. The molecule has 1 aliphatic rings. The van der Waals surface area contributed by atoms with Crippen molar-refractivity contribution in [1.29, 1.82) is 0 Å². The van der Waals surface area contributed by atoms with Crippen molar-refractivity contribution >= 4 is 60.9 Å². The summed E-state index contributed by atoms with van der Waals surface area (Å²) >= 11 is 7.46. The molecule has 2 aromatic heterocycles. The summed E-state index contributed by atoms with van der Waals surface area (Å²) in [5.41, 5.74) is 2.30. The summed E-state index contributed by atoms with van der Waals surface area (Å²) in [6.45, 7) is 2.50. The van der Waals surface area contributed by atoms with Gasteiger partial charge < -0.3 is 23.7 Å². The number of anilines is 1. The van der Waals surface area contributed by atoms with Crippen LogP contribution in [0.5, 0.6) is 17.2 Å². The third-order valence-electron chi connectivity index (χ3n) is 7.77. The van der Waals surface area contributed by atoms with Crippen LogP contribution in [-0.2, 0) is 11.4 Å². The van der Waals surface area contributed by atoms with E-state index >= 15 is 0 Å². The summed E-state index contributed by atoms with van der Waals surface area (Å²) < 4.78 is 24.2. The molecule has 0 aliphatic carbocycles. The number of hydrogen-bond donors (Lipinski definition) is 1. The number of aliphatic hydroxyl groups is 1. The summed E-state index contributed by atoms with van der Waals surface area (Å²) in [6.07, 6.45) is 0. The van der Waals surface area contributed by atoms with Crippen LogP contribution in [0.2, 0.25) is 5.02 Å². The molecule has 0 saturated heterocycles. The zero-order valence-electron chi connectivity index (χ0n) is 25.2. The highest BCUT2D eigenvalue weighted by Crippen LogP contribution is 2.46. The molecule has 0 bridgehead atoms. The average Bonchev–Trinajstić information content (AvgIpc) is 3.78. The Morgan fingerprint density at radius 1 is 0.979 bits per heavy atom. The number of ketones is 1. The van der Waals surface area contributed by atoms with Crippen molar-refractivity contribution in [2.45, 2.75) is 19.6 Å². The van der Waals surface area contributed by atoms with Crippen molar-refractivity contribution < 1.29 is 33.3 Å². The summed E-state index contributed by atoms with van der Waals surface area (Å²) in [4.78, 5) is 34.2. The molecule has 11 heteroatoms. The molecular formula is C36H27ClN2O7S. The molecule has 1 N–H and O–H groups in total. The third kappa shape index (κ3) is 5.55. The van der Waals surface area contributed by atoms with Crippen LogP contribution in [0.15, 0.2) is 107 Å². The lowest BCUT2D eigenvalue weighted by atomic mass is 9.95. The second kappa shape index (κ2) is 12.5. The minimum Gasteiger partial charge on any atom is -0.503 e. The van der Waals surface area contributed by atoms with E-state index < -0.39 is 23.5 Å². The first-order valence-electron chi connectivity index (χ1n) is 14.7. The van der Waals surface area contributed by atoms with Gasteiger partial charge >= 0.3 is 0 Å². The van der Waals surface area contributed by atoms with Gasteiger partial charge in [-0.3, -0.25) is 14.5 Å². The Bertz CT molecular complexity index is 2190. The second-order valence-corrected chi connectivity index (χ2v) is 12.1. The number of aromatic nitrogens is 1. The third-order valence-corrected chi connectivity index (χ3v) is 9.02. The van der Waals surface area contributed by atoms with E-state index in [1.54, 1.807) is 60.7 Å². The molecular weight excluding hydrogens is 640 g/mol. The lowest BCUT2D eigenvalue weighted by Gasteiger charge is -2.25. The van der Waals surface area contributed by atoms with Crippen molar-refractivity contribution in [3.63, 3.8) is 0 Å². The number of benzene rings is 4. The van der Waals surface area contributed by atoms with E-state index in [1.807, 2.05) is 37.3 Å². The van der Waals surface area contributed by atoms with E-state index in [4.69, 9.17) is 30.2 Å². The molecule has 1 amide bonds. The Morgan fingerprint density at radius 2 is 1.81 bits per heavy atom. The normalized spacial score (nSPS) is 14.7. The van der Waals surface area contributed by atoms with E-state index in [0.717, 1.165) is 10.3 Å². The lowest BCUT2D eigenvalue weighted by Crippen LogP contribution is -2.31. The molecule has 1 aliphatic heterocycles. The van der Waals surface area contributed by atoms with Crippen LogP contribution in [0.1, 0.15) is 34.6 Å². The molecule has 0 spiro atoms. The van der Waals surface area contributed by atoms with Gasteiger partial charge in [-0.15, -0.1) is 0 Å². The fourth-order valence-electron chi connectivity index (χ4n) is 5.60. The quantitative estimate of drug-likeness (QED) is 0.145. The van der Waals surface area contributed by atoms with Crippen LogP contribution < -0.4 is 19.1 Å². The average molecular weight is 667 g/mol. The number of carbonyl (C=O) groups is 2. The molecule has 0 radical (unpaired) electrons. The minimum absolute atomic E-state index is 0.0605. The van der Waals surface area contributed by atoms with Gasteiger partial charge in [-0.25, -0.2) is 4.98 Å². The van der Waals surface area contributed by atoms with Crippen molar-refractivity contribution in [3.8, 4) is 17.2 Å². The number of para-hydroxylation sites is 1. The number of aliphatic hydroxyl groups excluding tert-OH is 1. The SMILES string of the molecule is CCOc1cc(C2C(C(=O)c3cc4cccc(OC)c4o3)=C(O)C(=O)N2c2nc3ccc(Cl)cc3s2)ccc1OCc1ccccc1. The maximum absolute atomic E-state index is 14.3. The number of Topliss-reactive ketones (excluding diaryl/α,β-unsaturated/α-hetero) is 1. The summed E-state index contributed by atoms with van der Waals surface area (Å²) in [7, 11) is 1.51. The van der Waals surface area contributed by atoms with E-state index in [1.165, 1.54) is 23.3 Å². The Hall–Kier alpha value is -5.32. The topological polar surface area (TPSA) is 111 Å². The maximum Gasteiger partial charge on any atom is 0.296 e. The lowest BCUT2D eigenvalue weighted by molar-refractivity contribution is -0.117. The van der Waals surface area contributed by atoms with Gasteiger partial charge in [0.25, 0.3) is 5.91 Å². The van der Waals surface area contributed by atoms with Crippen LogP contribution in [0, 0.1) is 0 Å². The summed E-state index contributed by atoms with van der Waals surface area (Å²) in [6, 6.07) is 25.9. The smallest absolute Gasteiger partial charge is 0.296 e. The van der Waals surface area contributed by atoms with Gasteiger partial charge in [0.2, 0.25) is 5.78 Å². The van der Waals surface area contributed by atoms with Crippen LogP contribution in [0.4, 0.5) is 5.13 Å². The largest absolute Gasteiger partial charge is 0.503 e. The van der Waals surface area contributed by atoms with Gasteiger partial charge in [0.05, 0.1) is 35.5 Å². The van der Waals surface area contributed by atoms with E-state index in [9.17, 15) is 14.7 Å². The monoisotopic (exact) mass is 666 g/mol. The number of ether oxygens (including phenoxy) is 3. The zero-order chi connectivity index (χ0) is 32.7. The molecule has 0 saturated carbocycles. The standard InChI is InChI=1S/C36H27ClN2O7S/c1-3-44-27-16-21(12-15-25(27)45-19-20-8-5-4-6-9-20)31-30(32(40)28-17-22-10-7-11-26(43-2)34(22)46-28)33(41)35(42)39(31)36-38-24-14-13-23(37)18-29(24)47-36/h4-18,31,41H,3,19H2,1-2H3. The van der Waals surface area contributed by atoms with Gasteiger partial charge in [0, 0.05) is 10.4 Å². The number of fused-ring (bicyclic) bond motifs is 2. The number of carbonyl (C=O) groups excluding carboxylic acids is 2. The Balaban J connectivity index is 1.34. The number of rotatable bonds is 10. The molecule has 3 heterocycles. The highest BCUT2D eigenvalue weighted by atomic mass is 35.5. The van der Waals surface area contributed by atoms with Crippen molar-refractivity contribution in [2.75, 3.05) is 18.6 Å². The fraction of sp³-hybridized carbons (Fsp3) is 0.139.